The molecular weight excluding hydrogens is 244 g/mol. The van der Waals surface area contributed by atoms with Crippen LogP contribution in [0, 0.1) is 6.20 Å². The maximum Gasteiger partial charge on any atom is 0.153 e. The predicted molar refractivity (Wildman–Crippen MR) is 76.9 cm³/mol. The van der Waals surface area contributed by atoms with Crippen LogP contribution < -0.4 is 4.68 Å². The Hall–Kier alpha value is -2.61. The third-order valence-corrected chi connectivity index (χ3v) is 3.88. The van der Waals surface area contributed by atoms with E-state index in [2.05, 4.69) is 71.7 Å². The summed E-state index contributed by atoms with van der Waals surface area (Å²) in [5.74, 6) is 0. The smallest absolute Gasteiger partial charge is 0.153 e. The van der Waals surface area contributed by atoms with Gasteiger partial charge in [-0.2, -0.15) is 4.68 Å². The number of hydrogen-bond acceptors (Lipinski definition) is 0. The second-order valence-electron chi connectivity index (χ2n) is 4.95. The number of nitrogens with zero attached hydrogens (tertiary/aromatic N) is 2. The lowest BCUT2D eigenvalue weighted by molar-refractivity contribution is -0.702. The highest BCUT2D eigenvalue weighted by Crippen LogP contribution is 2.36. The summed E-state index contributed by atoms with van der Waals surface area (Å²) < 4.78 is 4.21. The molecule has 0 unspecified atom stereocenters. The minimum Gasteiger partial charge on any atom is -0.243 e. The van der Waals surface area contributed by atoms with Crippen LogP contribution in [0.25, 0.3) is 0 Å². The van der Waals surface area contributed by atoms with Crippen LogP contribution in [-0.2, 0) is 5.54 Å². The average Bonchev–Trinajstić information content (AvgIpc) is 3.11. The predicted octanol–water partition coefficient (Wildman–Crippen LogP) is 2.75. The third kappa shape index (κ3) is 1.42. The summed E-state index contributed by atoms with van der Waals surface area (Å²) in [5.41, 5.74) is 2.16. The lowest BCUT2D eigenvalue weighted by atomic mass is 9.83. The van der Waals surface area contributed by atoms with Crippen LogP contribution in [0.3, 0.4) is 0 Å². The van der Waals surface area contributed by atoms with Gasteiger partial charge in [0.25, 0.3) is 0 Å². The Labute approximate surface area is 118 Å². The molecule has 0 saturated heterocycles. The van der Waals surface area contributed by atoms with Gasteiger partial charge in [-0.15, -0.1) is 0 Å². The highest BCUT2D eigenvalue weighted by atomic mass is 15.4. The van der Waals surface area contributed by atoms with E-state index < -0.39 is 0 Å². The lowest BCUT2D eigenvalue weighted by Gasteiger charge is -2.29. The monoisotopic (exact) mass is 258 g/mol. The van der Waals surface area contributed by atoms with Crippen LogP contribution in [0.15, 0.2) is 85.2 Å². The fraction of sp³-hybridized carbons (Fsp3) is 0.0556. The molecule has 0 N–H and O–H groups in total. The maximum absolute atomic E-state index is 3.32. The molecule has 2 nitrogen and oxygen atoms in total. The summed E-state index contributed by atoms with van der Waals surface area (Å²) in [7, 11) is 0. The maximum atomic E-state index is 3.32. The summed E-state index contributed by atoms with van der Waals surface area (Å²) >= 11 is 0. The molecule has 4 rings (SSSR count). The molecule has 96 valence electrons. The molecule has 0 aliphatic carbocycles. The molecule has 0 atom stereocenters. The molecule has 2 heteroatoms. The topological polar surface area (TPSA) is 8.81 Å². The number of allylic oxidation sites excluding steroid dienone is 1. The van der Waals surface area contributed by atoms with Crippen molar-refractivity contribution in [3.8, 4) is 0 Å². The zero-order chi connectivity index (χ0) is 13.4. The van der Waals surface area contributed by atoms with E-state index in [1.807, 2.05) is 29.1 Å². The Morgan fingerprint density at radius 1 is 0.800 bits per heavy atom. The Balaban J connectivity index is 2.04. The first-order valence-corrected chi connectivity index (χ1v) is 6.73. The van der Waals surface area contributed by atoms with E-state index >= 15 is 0 Å². The molecule has 20 heavy (non-hydrogen) atoms. The van der Waals surface area contributed by atoms with Crippen LogP contribution in [0.2, 0.25) is 0 Å². The first-order chi connectivity index (χ1) is 9.91. The summed E-state index contributed by atoms with van der Waals surface area (Å²) in [6.45, 7) is 0. The molecule has 0 amide bonds. The lowest BCUT2D eigenvalue weighted by Crippen LogP contribution is -2.44. The summed E-state index contributed by atoms with van der Waals surface area (Å²) in [4.78, 5) is 0. The zero-order valence-corrected chi connectivity index (χ0v) is 11.0. The van der Waals surface area contributed by atoms with Crippen molar-refractivity contribution in [2.45, 2.75) is 5.54 Å². The molecular formula is C18H14N2. The Morgan fingerprint density at radius 2 is 1.40 bits per heavy atom. The van der Waals surface area contributed by atoms with E-state index in [4.69, 9.17) is 0 Å². The number of aromatic nitrogens is 2. The van der Waals surface area contributed by atoms with Crippen LogP contribution in [-0.4, -0.2) is 4.68 Å². The van der Waals surface area contributed by atoms with Crippen molar-refractivity contribution >= 4 is 0 Å². The molecule has 0 bridgehead atoms. The standard InChI is InChI=1S/C18H14N2/c1-3-8-16(9-4-1)18(17-10-5-2-6-11-17)12-15-19-13-7-14-20(18)19/h1-14H. The second-order valence-corrected chi connectivity index (χ2v) is 4.95. The van der Waals surface area contributed by atoms with E-state index in [0.29, 0.717) is 0 Å². The van der Waals surface area contributed by atoms with Crippen molar-refractivity contribution in [3.05, 3.63) is 103 Å². The van der Waals surface area contributed by atoms with Crippen LogP contribution in [0.4, 0.5) is 0 Å². The normalized spacial score (nSPS) is 15.2. The van der Waals surface area contributed by atoms with Crippen LogP contribution >= 0.6 is 0 Å². The second kappa shape index (κ2) is 4.20. The van der Waals surface area contributed by atoms with Crippen molar-refractivity contribution in [3.63, 3.8) is 0 Å². The Morgan fingerprint density at radius 3 is 2.00 bits per heavy atom. The largest absolute Gasteiger partial charge is 0.243 e. The van der Waals surface area contributed by atoms with Gasteiger partial charge >= 0.3 is 0 Å². The van der Waals surface area contributed by atoms with Crippen molar-refractivity contribution in [1.29, 1.82) is 0 Å². The fourth-order valence-electron chi connectivity index (χ4n) is 2.95. The SMILES string of the molecule is [C-]1=CC(c2ccccc2)(c2ccccc2)n2ccc[n+]21. The number of rotatable bonds is 2. The molecule has 0 saturated carbocycles. The zero-order valence-electron chi connectivity index (χ0n) is 11.0. The number of benzene rings is 2. The van der Waals surface area contributed by atoms with Gasteiger partial charge in [0.1, 0.15) is 0 Å². The summed E-state index contributed by atoms with van der Waals surface area (Å²) in [5, 5.41) is 0. The van der Waals surface area contributed by atoms with E-state index in [-0.39, 0.29) is 5.54 Å². The number of hydrogen-bond donors (Lipinski definition) is 0. The molecule has 3 aromatic rings. The highest BCUT2D eigenvalue weighted by Gasteiger charge is 2.39. The van der Waals surface area contributed by atoms with Crippen molar-refractivity contribution in [2.75, 3.05) is 0 Å². The molecule has 2 aromatic carbocycles. The number of fused-ring (bicyclic) bond motifs is 1. The molecule has 1 aliphatic rings. The Kier molecular flexibility index (Phi) is 2.36. The Bertz CT molecular complexity index is 715. The highest BCUT2D eigenvalue weighted by molar-refractivity contribution is 5.44. The molecule has 0 radical (unpaired) electrons. The average molecular weight is 258 g/mol. The molecule has 0 spiro atoms. The summed E-state index contributed by atoms with van der Waals surface area (Å²) in [6.07, 6.45) is 9.57. The van der Waals surface area contributed by atoms with Crippen molar-refractivity contribution in [1.82, 2.24) is 4.68 Å². The van der Waals surface area contributed by atoms with Gasteiger partial charge < -0.3 is 0 Å². The van der Waals surface area contributed by atoms with Gasteiger partial charge in [0.05, 0.1) is 12.4 Å². The quantitative estimate of drug-likeness (QED) is 0.494. The van der Waals surface area contributed by atoms with Crippen molar-refractivity contribution in [2.24, 2.45) is 0 Å². The first-order valence-electron chi connectivity index (χ1n) is 6.73. The van der Waals surface area contributed by atoms with E-state index in [0.717, 1.165) is 0 Å². The minimum absolute atomic E-state index is 0.313. The van der Waals surface area contributed by atoms with Gasteiger partial charge in [-0.3, -0.25) is 0 Å². The van der Waals surface area contributed by atoms with Crippen LogP contribution in [0.1, 0.15) is 11.1 Å². The van der Waals surface area contributed by atoms with Gasteiger partial charge in [0.15, 0.2) is 5.54 Å². The van der Waals surface area contributed by atoms with Gasteiger partial charge in [-0.05, 0) is 11.1 Å². The molecule has 1 aromatic heterocycles. The van der Waals surface area contributed by atoms with E-state index in [1.165, 1.54) is 11.1 Å². The first kappa shape index (κ1) is 11.2. The molecule has 2 heterocycles. The van der Waals surface area contributed by atoms with Crippen molar-refractivity contribution < 1.29 is 4.68 Å². The van der Waals surface area contributed by atoms with Gasteiger partial charge in [-0.1, -0.05) is 72.8 Å². The molecule has 0 fully saturated rings. The summed E-state index contributed by atoms with van der Waals surface area (Å²) in [6, 6.07) is 23.1. The van der Waals surface area contributed by atoms with Gasteiger partial charge in [-0.25, -0.2) is 4.68 Å². The van der Waals surface area contributed by atoms with Crippen LogP contribution in [0.5, 0.6) is 0 Å². The minimum atomic E-state index is -0.313. The van der Waals surface area contributed by atoms with E-state index in [9.17, 15) is 0 Å². The molecule has 1 aliphatic heterocycles. The van der Waals surface area contributed by atoms with Gasteiger partial charge in [0, 0.05) is 6.20 Å². The van der Waals surface area contributed by atoms with E-state index in [1.54, 1.807) is 0 Å². The fourth-order valence-corrected chi connectivity index (χ4v) is 2.95. The third-order valence-electron chi connectivity index (χ3n) is 3.88. The van der Waals surface area contributed by atoms with Gasteiger partial charge in [0.2, 0.25) is 0 Å².